The molecular weight excluding hydrogens is 328 g/mol. The van der Waals surface area contributed by atoms with Crippen LogP contribution in [0, 0.1) is 0 Å². The van der Waals surface area contributed by atoms with Crippen LogP contribution in [0.15, 0.2) is 24.3 Å². The highest BCUT2D eigenvalue weighted by atomic mass is 32.2. The van der Waals surface area contributed by atoms with Crippen LogP contribution in [0.2, 0.25) is 0 Å². The molecule has 1 amide bonds. The van der Waals surface area contributed by atoms with E-state index in [9.17, 15) is 13.2 Å². The van der Waals surface area contributed by atoms with Gasteiger partial charge in [0, 0.05) is 18.7 Å². The van der Waals surface area contributed by atoms with Crippen LogP contribution in [0.1, 0.15) is 37.0 Å². The van der Waals surface area contributed by atoms with Gasteiger partial charge >= 0.3 is 0 Å². The van der Waals surface area contributed by atoms with E-state index in [1.165, 1.54) is 4.31 Å². The molecule has 0 spiro atoms. The third-order valence-corrected chi connectivity index (χ3v) is 6.49. The van der Waals surface area contributed by atoms with E-state index in [1.807, 2.05) is 13.8 Å². The van der Waals surface area contributed by atoms with E-state index < -0.39 is 10.0 Å². The van der Waals surface area contributed by atoms with Crippen molar-refractivity contribution >= 4 is 21.6 Å². The molecule has 0 N–H and O–H groups in total. The predicted molar refractivity (Wildman–Crippen MR) is 92.7 cm³/mol. The number of carbonyl (C=O) groups excluding carboxylic acids is 1. The number of morpholine rings is 1. The van der Waals surface area contributed by atoms with Gasteiger partial charge in [0.1, 0.15) is 0 Å². The summed E-state index contributed by atoms with van der Waals surface area (Å²) in [6, 6.07) is 6.94. The number of amides is 1. The first-order valence-electron chi connectivity index (χ1n) is 8.31. The molecule has 0 aromatic heterocycles. The number of nitrogens with zero attached hydrogens (tertiary/aromatic N) is 2. The van der Waals surface area contributed by atoms with Gasteiger partial charge in [0.25, 0.3) is 5.91 Å². The Morgan fingerprint density at radius 3 is 2.71 bits per heavy atom. The molecule has 1 aromatic rings. The second-order valence-electron chi connectivity index (χ2n) is 6.97. The van der Waals surface area contributed by atoms with E-state index in [4.69, 9.17) is 4.74 Å². The lowest BCUT2D eigenvalue weighted by Gasteiger charge is -2.42. The van der Waals surface area contributed by atoms with Crippen LogP contribution >= 0.6 is 0 Å². The van der Waals surface area contributed by atoms with Crippen LogP contribution in [-0.2, 0) is 14.8 Å². The van der Waals surface area contributed by atoms with E-state index in [2.05, 4.69) is 0 Å². The largest absolute Gasteiger partial charge is 0.377 e. The molecule has 2 aliphatic rings. The number of rotatable bonds is 2. The second kappa shape index (κ2) is 6.37. The second-order valence-corrected chi connectivity index (χ2v) is 8.98. The van der Waals surface area contributed by atoms with Gasteiger partial charge < -0.3 is 9.64 Å². The minimum absolute atomic E-state index is 0.0837. The number of ether oxygens (including phenoxy) is 1. The molecule has 2 aliphatic heterocycles. The Bertz CT molecular complexity index is 730. The Balaban J connectivity index is 1.89. The Labute approximate surface area is 143 Å². The average molecular weight is 352 g/mol. The minimum Gasteiger partial charge on any atom is -0.377 e. The fraction of sp³-hybridized carbons (Fsp3) is 0.588. The Morgan fingerprint density at radius 1 is 1.21 bits per heavy atom. The molecule has 0 unspecified atom stereocenters. The lowest BCUT2D eigenvalue weighted by atomic mass is 10.0. The number of sulfonamides is 1. The van der Waals surface area contributed by atoms with Crippen LogP contribution in [0.5, 0.6) is 0 Å². The van der Waals surface area contributed by atoms with Gasteiger partial charge in [-0.1, -0.05) is 6.07 Å². The molecule has 2 saturated heterocycles. The number of benzene rings is 1. The van der Waals surface area contributed by atoms with E-state index >= 15 is 0 Å². The van der Waals surface area contributed by atoms with E-state index in [0.29, 0.717) is 44.0 Å². The highest BCUT2D eigenvalue weighted by molar-refractivity contribution is 7.92. The smallest absolute Gasteiger partial charge is 0.254 e. The van der Waals surface area contributed by atoms with E-state index in [0.717, 1.165) is 6.42 Å². The molecule has 3 rings (SSSR count). The number of hydrogen-bond donors (Lipinski definition) is 0. The van der Waals surface area contributed by atoms with Gasteiger partial charge in [-0.15, -0.1) is 0 Å². The first-order chi connectivity index (χ1) is 11.3. The maximum atomic E-state index is 12.9. The van der Waals surface area contributed by atoms with Crippen molar-refractivity contribution in [3.8, 4) is 0 Å². The normalized spacial score (nSPS) is 23.1. The van der Waals surface area contributed by atoms with Crippen LogP contribution < -0.4 is 4.31 Å². The van der Waals surface area contributed by atoms with Crippen LogP contribution in [0.4, 0.5) is 5.69 Å². The van der Waals surface area contributed by atoms with Crippen molar-refractivity contribution in [2.45, 2.75) is 32.2 Å². The summed E-state index contributed by atoms with van der Waals surface area (Å²) in [6.07, 6.45) is 1.54. The van der Waals surface area contributed by atoms with Crippen molar-refractivity contribution in [2.75, 3.05) is 36.4 Å². The summed E-state index contributed by atoms with van der Waals surface area (Å²) in [7, 11) is -3.28. The number of anilines is 1. The summed E-state index contributed by atoms with van der Waals surface area (Å²) in [5.74, 6) is 0.0846. The molecule has 6 nitrogen and oxygen atoms in total. The molecule has 0 aliphatic carbocycles. The molecule has 7 heteroatoms. The van der Waals surface area contributed by atoms with Crippen molar-refractivity contribution in [3.63, 3.8) is 0 Å². The lowest BCUT2D eigenvalue weighted by molar-refractivity contribution is -0.0370. The quantitative estimate of drug-likeness (QED) is 0.815. The molecule has 0 radical (unpaired) electrons. The van der Waals surface area contributed by atoms with E-state index in [-0.39, 0.29) is 17.2 Å². The van der Waals surface area contributed by atoms with Gasteiger partial charge in [0.15, 0.2) is 0 Å². The maximum absolute atomic E-state index is 12.9. The van der Waals surface area contributed by atoms with Crippen molar-refractivity contribution in [2.24, 2.45) is 0 Å². The number of hydrogen-bond acceptors (Lipinski definition) is 4. The first-order valence-corrected chi connectivity index (χ1v) is 9.92. The monoisotopic (exact) mass is 352 g/mol. The maximum Gasteiger partial charge on any atom is 0.254 e. The molecule has 24 heavy (non-hydrogen) atoms. The van der Waals surface area contributed by atoms with Crippen LogP contribution in [0.25, 0.3) is 0 Å². The molecule has 2 heterocycles. The standard InChI is InChI=1S/C17H24N2O4S/c1-17(2)13-23-10-9-18(17)16(20)14-6-5-7-15(12-14)19-8-3-4-11-24(19,21)22/h5-7,12H,3-4,8-11,13H2,1-2H3. The highest BCUT2D eigenvalue weighted by Gasteiger charge is 2.35. The number of carbonyl (C=O) groups is 1. The van der Waals surface area contributed by atoms with Gasteiger partial charge in [-0.05, 0) is 44.9 Å². The average Bonchev–Trinajstić information content (AvgIpc) is 2.53. The van der Waals surface area contributed by atoms with Crippen molar-refractivity contribution in [3.05, 3.63) is 29.8 Å². The van der Waals surface area contributed by atoms with Gasteiger partial charge in [0.05, 0.1) is 30.2 Å². The molecule has 1 aromatic carbocycles. The third-order valence-electron chi connectivity index (χ3n) is 4.62. The van der Waals surface area contributed by atoms with Crippen molar-refractivity contribution < 1.29 is 17.9 Å². The Morgan fingerprint density at radius 2 is 2.00 bits per heavy atom. The highest BCUT2D eigenvalue weighted by Crippen LogP contribution is 2.27. The topological polar surface area (TPSA) is 66.9 Å². The van der Waals surface area contributed by atoms with Crippen LogP contribution in [0.3, 0.4) is 0 Å². The van der Waals surface area contributed by atoms with Gasteiger partial charge in [-0.3, -0.25) is 9.10 Å². The van der Waals surface area contributed by atoms with Gasteiger partial charge in [-0.25, -0.2) is 8.42 Å². The zero-order valence-electron chi connectivity index (χ0n) is 14.2. The Kier molecular flexibility index (Phi) is 4.57. The summed E-state index contributed by atoms with van der Waals surface area (Å²) in [5.41, 5.74) is 0.720. The SMILES string of the molecule is CC1(C)COCCN1C(=O)c1cccc(N2CCCCS2(=O)=O)c1. The zero-order valence-corrected chi connectivity index (χ0v) is 15.0. The molecule has 132 valence electrons. The Hall–Kier alpha value is -1.60. The summed E-state index contributed by atoms with van der Waals surface area (Å²) in [5, 5.41) is 0. The van der Waals surface area contributed by atoms with E-state index in [1.54, 1.807) is 29.2 Å². The van der Waals surface area contributed by atoms with Crippen LogP contribution in [-0.4, -0.2) is 56.8 Å². The zero-order chi connectivity index (χ0) is 17.4. The van der Waals surface area contributed by atoms with Gasteiger partial charge in [-0.2, -0.15) is 0 Å². The third kappa shape index (κ3) is 3.28. The summed E-state index contributed by atoms with van der Waals surface area (Å²) >= 11 is 0. The van der Waals surface area contributed by atoms with Gasteiger partial charge in [0.2, 0.25) is 10.0 Å². The summed E-state index contributed by atoms with van der Waals surface area (Å²) < 4.78 is 31.5. The summed E-state index contributed by atoms with van der Waals surface area (Å²) in [6.45, 7) is 5.99. The molecule has 0 bridgehead atoms. The predicted octanol–water partition coefficient (Wildman–Crippen LogP) is 1.87. The molecule has 2 fully saturated rings. The fourth-order valence-corrected chi connectivity index (χ4v) is 4.89. The lowest BCUT2D eigenvalue weighted by Crippen LogP contribution is -2.55. The van der Waals surface area contributed by atoms with Crippen molar-refractivity contribution in [1.29, 1.82) is 0 Å². The minimum atomic E-state index is -3.28. The molecular formula is C17H24N2O4S. The first kappa shape index (κ1) is 17.2. The summed E-state index contributed by atoms with van der Waals surface area (Å²) in [4.78, 5) is 14.7. The molecule has 0 saturated carbocycles. The molecule has 0 atom stereocenters. The van der Waals surface area contributed by atoms with Crippen molar-refractivity contribution in [1.82, 2.24) is 4.90 Å². The fourth-order valence-electron chi connectivity index (χ4n) is 3.26.